The Balaban J connectivity index is 1.73. The highest BCUT2D eigenvalue weighted by atomic mass is 15.3. The molecule has 3 nitrogen and oxygen atoms in total. The van der Waals surface area contributed by atoms with Gasteiger partial charge in [0, 0.05) is 38.8 Å². The topological polar surface area (TPSA) is 18.5 Å². The van der Waals surface area contributed by atoms with Gasteiger partial charge in [0.25, 0.3) is 0 Å². The van der Waals surface area contributed by atoms with Crippen LogP contribution in [0.1, 0.15) is 24.4 Å². The van der Waals surface area contributed by atoms with E-state index < -0.39 is 0 Å². The van der Waals surface area contributed by atoms with Crippen molar-refractivity contribution in [2.45, 2.75) is 18.9 Å². The molecule has 1 atom stereocenters. The van der Waals surface area contributed by atoms with Crippen molar-refractivity contribution in [2.75, 3.05) is 45.8 Å². The van der Waals surface area contributed by atoms with E-state index in [1.54, 1.807) is 0 Å². The Morgan fingerprint density at radius 3 is 2.32 bits per heavy atom. The largest absolute Gasteiger partial charge is 0.314 e. The first kappa shape index (κ1) is 13.1. The molecule has 0 spiro atoms. The van der Waals surface area contributed by atoms with E-state index >= 15 is 0 Å². The predicted octanol–water partition coefficient (Wildman–Crippen LogP) is 1.73. The van der Waals surface area contributed by atoms with Crippen molar-refractivity contribution in [1.29, 1.82) is 0 Å². The minimum atomic E-state index is 0.571. The fourth-order valence-corrected chi connectivity index (χ4v) is 3.31. The van der Waals surface area contributed by atoms with Crippen LogP contribution in [0.25, 0.3) is 0 Å². The van der Waals surface area contributed by atoms with Crippen molar-refractivity contribution in [3.05, 3.63) is 35.9 Å². The molecule has 3 heteroatoms. The van der Waals surface area contributed by atoms with Crippen molar-refractivity contribution in [2.24, 2.45) is 0 Å². The molecule has 2 saturated heterocycles. The summed E-state index contributed by atoms with van der Waals surface area (Å²) in [7, 11) is 0. The molecule has 0 amide bonds. The van der Waals surface area contributed by atoms with Crippen molar-refractivity contribution < 1.29 is 0 Å². The lowest BCUT2D eigenvalue weighted by Gasteiger charge is -2.37. The highest BCUT2D eigenvalue weighted by Gasteiger charge is 2.25. The van der Waals surface area contributed by atoms with Crippen LogP contribution < -0.4 is 5.32 Å². The van der Waals surface area contributed by atoms with E-state index in [0.29, 0.717) is 6.04 Å². The quantitative estimate of drug-likeness (QED) is 0.888. The molecule has 0 bridgehead atoms. The van der Waals surface area contributed by atoms with Gasteiger partial charge in [-0.15, -0.1) is 0 Å². The van der Waals surface area contributed by atoms with Gasteiger partial charge in [-0.2, -0.15) is 0 Å². The molecule has 2 fully saturated rings. The van der Waals surface area contributed by atoms with Crippen LogP contribution in [0, 0.1) is 0 Å². The number of nitrogens with one attached hydrogen (secondary N) is 1. The van der Waals surface area contributed by atoms with E-state index in [-0.39, 0.29) is 0 Å². The Bertz CT molecular complexity index is 367. The molecular weight excluding hydrogens is 234 g/mol. The zero-order valence-corrected chi connectivity index (χ0v) is 11.7. The van der Waals surface area contributed by atoms with Gasteiger partial charge in [-0.05, 0) is 31.5 Å². The van der Waals surface area contributed by atoms with Gasteiger partial charge < -0.3 is 10.2 Å². The maximum Gasteiger partial charge on any atom is 0.0476 e. The van der Waals surface area contributed by atoms with E-state index in [2.05, 4.69) is 45.4 Å². The van der Waals surface area contributed by atoms with Crippen LogP contribution in [0.4, 0.5) is 0 Å². The molecule has 19 heavy (non-hydrogen) atoms. The van der Waals surface area contributed by atoms with Gasteiger partial charge in [-0.3, -0.25) is 4.90 Å². The molecule has 0 aliphatic carbocycles. The standard InChI is InChI=1S/C16H25N3/c1-2-6-15(7-3-1)16(14-18-10-4-5-11-18)19-12-8-17-9-13-19/h1-3,6-7,16-17H,4-5,8-14H2. The van der Waals surface area contributed by atoms with Crippen molar-refractivity contribution in [3.8, 4) is 0 Å². The molecule has 2 aliphatic rings. The monoisotopic (exact) mass is 259 g/mol. The Hall–Kier alpha value is -0.900. The van der Waals surface area contributed by atoms with E-state index in [1.807, 2.05) is 0 Å². The maximum absolute atomic E-state index is 3.46. The van der Waals surface area contributed by atoms with Crippen LogP contribution in [-0.2, 0) is 0 Å². The van der Waals surface area contributed by atoms with Gasteiger partial charge in [0.05, 0.1) is 0 Å². The first-order chi connectivity index (χ1) is 9.43. The Morgan fingerprint density at radius 1 is 0.947 bits per heavy atom. The van der Waals surface area contributed by atoms with Crippen LogP contribution >= 0.6 is 0 Å². The molecule has 1 aromatic carbocycles. The lowest BCUT2D eigenvalue weighted by Crippen LogP contribution is -2.47. The maximum atomic E-state index is 3.46. The normalized spacial score (nSPS) is 23.6. The summed E-state index contributed by atoms with van der Waals surface area (Å²) >= 11 is 0. The molecule has 0 saturated carbocycles. The Kier molecular flexibility index (Phi) is 4.49. The summed E-state index contributed by atoms with van der Waals surface area (Å²) in [6, 6.07) is 11.6. The lowest BCUT2D eigenvalue weighted by atomic mass is 10.0. The van der Waals surface area contributed by atoms with Crippen LogP contribution in [0.2, 0.25) is 0 Å². The summed E-state index contributed by atoms with van der Waals surface area (Å²) in [4.78, 5) is 5.30. The average Bonchev–Trinajstić information content (AvgIpc) is 3.00. The van der Waals surface area contributed by atoms with E-state index in [4.69, 9.17) is 0 Å². The van der Waals surface area contributed by atoms with Gasteiger partial charge in [-0.1, -0.05) is 30.3 Å². The number of rotatable bonds is 4. The van der Waals surface area contributed by atoms with Crippen LogP contribution in [0.5, 0.6) is 0 Å². The molecular formula is C16H25N3. The third kappa shape index (κ3) is 3.35. The molecule has 104 valence electrons. The van der Waals surface area contributed by atoms with Gasteiger partial charge in [0.1, 0.15) is 0 Å². The molecule has 3 rings (SSSR count). The molecule has 1 aromatic rings. The summed E-state index contributed by atoms with van der Waals surface area (Å²) in [5.74, 6) is 0. The highest BCUT2D eigenvalue weighted by molar-refractivity contribution is 5.19. The molecule has 0 radical (unpaired) electrons. The second-order valence-electron chi connectivity index (χ2n) is 5.72. The first-order valence-corrected chi connectivity index (χ1v) is 7.65. The molecule has 1 N–H and O–H groups in total. The third-order valence-electron chi connectivity index (χ3n) is 4.41. The third-order valence-corrected chi connectivity index (χ3v) is 4.41. The van der Waals surface area contributed by atoms with Crippen LogP contribution in [0.15, 0.2) is 30.3 Å². The average molecular weight is 259 g/mol. The molecule has 0 aromatic heterocycles. The van der Waals surface area contributed by atoms with E-state index in [0.717, 1.165) is 13.1 Å². The summed E-state index contributed by atoms with van der Waals surface area (Å²) in [6.07, 6.45) is 2.76. The number of piperazine rings is 1. The Morgan fingerprint density at radius 2 is 1.63 bits per heavy atom. The van der Waals surface area contributed by atoms with Crippen LogP contribution in [-0.4, -0.2) is 55.6 Å². The van der Waals surface area contributed by atoms with Crippen LogP contribution in [0.3, 0.4) is 0 Å². The zero-order chi connectivity index (χ0) is 12.9. The van der Waals surface area contributed by atoms with Gasteiger partial charge in [-0.25, -0.2) is 0 Å². The zero-order valence-electron chi connectivity index (χ0n) is 11.7. The second kappa shape index (κ2) is 6.51. The number of nitrogens with zero attached hydrogens (tertiary/aromatic N) is 2. The van der Waals surface area contributed by atoms with Crippen molar-refractivity contribution in [1.82, 2.24) is 15.1 Å². The first-order valence-electron chi connectivity index (χ1n) is 7.65. The predicted molar refractivity (Wildman–Crippen MR) is 79.3 cm³/mol. The number of hydrogen-bond donors (Lipinski definition) is 1. The Labute approximate surface area is 116 Å². The van der Waals surface area contributed by atoms with Gasteiger partial charge in [0.2, 0.25) is 0 Å². The fourth-order valence-electron chi connectivity index (χ4n) is 3.31. The molecule has 2 heterocycles. The summed E-state index contributed by atoms with van der Waals surface area (Å²) in [5.41, 5.74) is 1.48. The number of likely N-dealkylation sites (tertiary alicyclic amines) is 1. The number of hydrogen-bond acceptors (Lipinski definition) is 3. The SMILES string of the molecule is c1ccc(C(CN2CCCC2)N2CCNCC2)cc1. The fraction of sp³-hybridized carbons (Fsp3) is 0.625. The van der Waals surface area contributed by atoms with Crippen molar-refractivity contribution in [3.63, 3.8) is 0 Å². The summed E-state index contributed by atoms with van der Waals surface area (Å²) < 4.78 is 0. The minimum Gasteiger partial charge on any atom is -0.314 e. The summed E-state index contributed by atoms with van der Waals surface area (Å²) in [5, 5.41) is 3.46. The number of benzene rings is 1. The smallest absolute Gasteiger partial charge is 0.0476 e. The lowest BCUT2D eigenvalue weighted by molar-refractivity contribution is 0.135. The highest BCUT2D eigenvalue weighted by Crippen LogP contribution is 2.24. The van der Waals surface area contributed by atoms with Gasteiger partial charge in [0.15, 0.2) is 0 Å². The van der Waals surface area contributed by atoms with E-state index in [1.165, 1.54) is 51.1 Å². The van der Waals surface area contributed by atoms with E-state index in [9.17, 15) is 0 Å². The minimum absolute atomic E-state index is 0.571. The van der Waals surface area contributed by atoms with Crippen molar-refractivity contribution >= 4 is 0 Å². The molecule has 1 unspecified atom stereocenters. The van der Waals surface area contributed by atoms with Gasteiger partial charge >= 0.3 is 0 Å². The second-order valence-corrected chi connectivity index (χ2v) is 5.72. The molecule has 2 aliphatic heterocycles. The summed E-state index contributed by atoms with van der Waals surface area (Å²) in [6.45, 7) is 8.38.